The van der Waals surface area contributed by atoms with Crippen molar-refractivity contribution in [3.8, 4) is 5.75 Å². The minimum atomic E-state index is -4.16. The molecule has 5 nitrogen and oxygen atoms in total. The van der Waals surface area contributed by atoms with Crippen LogP contribution in [-0.2, 0) is 0 Å². The lowest BCUT2D eigenvalue weighted by Crippen LogP contribution is -2.39. The second-order valence-electron chi connectivity index (χ2n) is 5.56. The van der Waals surface area contributed by atoms with E-state index < -0.39 is 12.7 Å². The van der Waals surface area contributed by atoms with Crippen molar-refractivity contribution in [1.29, 1.82) is 0 Å². The summed E-state index contributed by atoms with van der Waals surface area (Å²) in [5.41, 5.74) is 0. The van der Waals surface area contributed by atoms with Gasteiger partial charge in [0, 0.05) is 13.1 Å². The molecule has 0 aliphatic heterocycles. The van der Waals surface area contributed by atoms with Crippen molar-refractivity contribution in [2.45, 2.75) is 19.5 Å². The minimum Gasteiger partial charge on any atom is -0.492 e. The molecule has 2 N–H and O–H groups in total. The second-order valence-corrected chi connectivity index (χ2v) is 5.56. The molecule has 1 rings (SSSR count). The van der Waals surface area contributed by atoms with Crippen LogP contribution in [0.25, 0.3) is 0 Å². The van der Waals surface area contributed by atoms with Gasteiger partial charge in [0.2, 0.25) is 0 Å². The number of halogens is 4. The summed E-state index contributed by atoms with van der Waals surface area (Å²) in [5.74, 6) is 1.44. The third kappa shape index (κ3) is 13.0. The molecule has 9 heteroatoms. The van der Waals surface area contributed by atoms with Crippen LogP contribution in [0.1, 0.15) is 13.3 Å². The van der Waals surface area contributed by atoms with Crippen molar-refractivity contribution >= 4 is 29.9 Å². The van der Waals surface area contributed by atoms with Crippen LogP contribution in [-0.4, -0.2) is 63.4 Å². The number of guanidine groups is 1. The summed E-state index contributed by atoms with van der Waals surface area (Å²) < 4.78 is 42.3. The lowest BCUT2D eigenvalue weighted by molar-refractivity contribution is -0.143. The molecular formula is C17H28F3IN4O. The van der Waals surface area contributed by atoms with E-state index in [1.807, 2.05) is 37.3 Å². The number of rotatable bonds is 10. The maximum absolute atomic E-state index is 12.2. The Morgan fingerprint density at radius 3 is 2.50 bits per heavy atom. The van der Waals surface area contributed by atoms with E-state index in [1.54, 1.807) is 0 Å². The monoisotopic (exact) mass is 488 g/mol. The third-order valence-electron chi connectivity index (χ3n) is 3.17. The molecule has 1 aromatic carbocycles. The van der Waals surface area contributed by atoms with Crippen LogP contribution in [0, 0.1) is 0 Å². The summed E-state index contributed by atoms with van der Waals surface area (Å²) >= 11 is 0. The van der Waals surface area contributed by atoms with Crippen LogP contribution in [0.2, 0.25) is 0 Å². The molecule has 0 aromatic heterocycles. The number of para-hydroxylation sites is 1. The van der Waals surface area contributed by atoms with Crippen molar-refractivity contribution in [3.05, 3.63) is 30.3 Å². The number of nitrogens with zero attached hydrogens (tertiary/aromatic N) is 2. The first-order valence-electron chi connectivity index (χ1n) is 8.36. The minimum absolute atomic E-state index is 0. The third-order valence-corrected chi connectivity index (χ3v) is 3.17. The zero-order valence-corrected chi connectivity index (χ0v) is 17.5. The normalized spacial score (nSPS) is 11.8. The van der Waals surface area contributed by atoms with Gasteiger partial charge < -0.3 is 15.4 Å². The number of ether oxygens (including phenoxy) is 1. The molecule has 0 bridgehead atoms. The van der Waals surface area contributed by atoms with E-state index in [0.717, 1.165) is 5.75 Å². The summed E-state index contributed by atoms with van der Waals surface area (Å²) in [7, 11) is 1.46. The highest BCUT2D eigenvalue weighted by Crippen LogP contribution is 2.15. The van der Waals surface area contributed by atoms with Gasteiger partial charge in [-0.2, -0.15) is 13.2 Å². The standard InChI is InChI=1S/C17H27F3N4O.HI/c1-3-21-16(22-10-7-12-24(2)14-17(18,19)20)23-11-13-25-15-8-5-4-6-9-15;/h4-6,8-9H,3,7,10-14H2,1-2H3,(H2,21,22,23);1H. The van der Waals surface area contributed by atoms with Crippen LogP contribution in [0.5, 0.6) is 5.75 Å². The molecule has 0 spiro atoms. The molecule has 0 fully saturated rings. The highest BCUT2D eigenvalue weighted by molar-refractivity contribution is 14.0. The Morgan fingerprint density at radius 2 is 1.88 bits per heavy atom. The van der Waals surface area contributed by atoms with E-state index in [2.05, 4.69) is 15.6 Å². The molecule has 0 radical (unpaired) electrons. The summed E-state index contributed by atoms with van der Waals surface area (Å²) in [4.78, 5) is 5.61. The van der Waals surface area contributed by atoms with Gasteiger partial charge in [-0.3, -0.25) is 9.89 Å². The number of alkyl halides is 3. The maximum Gasteiger partial charge on any atom is 0.401 e. The van der Waals surface area contributed by atoms with Crippen LogP contribution >= 0.6 is 24.0 Å². The molecule has 0 unspecified atom stereocenters. The van der Waals surface area contributed by atoms with Crippen LogP contribution in [0.3, 0.4) is 0 Å². The van der Waals surface area contributed by atoms with E-state index in [1.165, 1.54) is 11.9 Å². The predicted molar refractivity (Wildman–Crippen MR) is 110 cm³/mol. The Balaban J connectivity index is 0.00000625. The zero-order chi connectivity index (χ0) is 18.5. The average Bonchev–Trinajstić information content (AvgIpc) is 2.54. The van der Waals surface area contributed by atoms with E-state index in [9.17, 15) is 13.2 Å². The molecule has 0 heterocycles. The smallest absolute Gasteiger partial charge is 0.401 e. The first-order valence-corrected chi connectivity index (χ1v) is 8.36. The van der Waals surface area contributed by atoms with E-state index in [0.29, 0.717) is 45.2 Å². The molecule has 0 aliphatic rings. The summed E-state index contributed by atoms with van der Waals surface area (Å²) in [5, 5.41) is 6.23. The van der Waals surface area contributed by atoms with Crippen LogP contribution in [0.4, 0.5) is 13.2 Å². The Bertz CT molecular complexity index is 501. The molecular weight excluding hydrogens is 460 g/mol. The molecule has 0 saturated carbocycles. The molecule has 150 valence electrons. The largest absolute Gasteiger partial charge is 0.492 e. The van der Waals surface area contributed by atoms with Gasteiger partial charge in [0.05, 0.1) is 13.1 Å². The Labute approximate surface area is 170 Å². The zero-order valence-electron chi connectivity index (χ0n) is 15.2. The summed E-state index contributed by atoms with van der Waals surface area (Å²) in [6.07, 6.45) is -3.60. The fraction of sp³-hybridized carbons (Fsp3) is 0.588. The molecule has 0 saturated heterocycles. The van der Waals surface area contributed by atoms with Gasteiger partial charge in [-0.25, -0.2) is 0 Å². The SMILES string of the molecule is CCNC(=NCCCN(C)CC(F)(F)F)NCCOc1ccccc1.I. The Hall–Kier alpha value is -1.23. The van der Waals surface area contributed by atoms with Gasteiger partial charge in [-0.15, -0.1) is 24.0 Å². The molecule has 0 atom stereocenters. The van der Waals surface area contributed by atoms with Crippen molar-refractivity contribution in [3.63, 3.8) is 0 Å². The lowest BCUT2D eigenvalue weighted by atomic mass is 10.3. The summed E-state index contributed by atoms with van der Waals surface area (Å²) in [6.45, 7) is 3.63. The quantitative estimate of drug-likeness (QED) is 0.230. The highest BCUT2D eigenvalue weighted by atomic mass is 127. The van der Waals surface area contributed by atoms with E-state index >= 15 is 0 Å². The predicted octanol–water partition coefficient (Wildman–Crippen LogP) is 3.12. The average molecular weight is 488 g/mol. The van der Waals surface area contributed by atoms with Gasteiger partial charge in [-0.05, 0) is 39.1 Å². The van der Waals surface area contributed by atoms with Crippen molar-refractivity contribution < 1.29 is 17.9 Å². The summed E-state index contributed by atoms with van der Waals surface area (Å²) in [6, 6.07) is 9.51. The fourth-order valence-electron chi connectivity index (χ4n) is 2.11. The molecule has 1 aromatic rings. The van der Waals surface area contributed by atoms with Gasteiger partial charge in [-0.1, -0.05) is 18.2 Å². The number of hydrogen-bond acceptors (Lipinski definition) is 3. The fourth-order valence-corrected chi connectivity index (χ4v) is 2.11. The highest BCUT2D eigenvalue weighted by Gasteiger charge is 2.28. The van der Waals surface area contributed by atoms with E-state index in [-0.39, 0.29) is 24.0 Å². The maximum atomic E-state index is 12.2. The topological polar surface area (TPSA) is 48.9 Å². The van der Waals surface area contributed by atoms with Gasteiger partial charge >= 0.3 is 6.18 Å². The van der Waals surface area contributed by atoms with Crippen LogP contribution < -0.4 is 15.4 Å². The van der Waals surface area contributed by atoms with Crippen molar-refractivity contribution in [1.82, 2.24) is 15.5 Å². The Morgan fingerprint density at radius 1 is 1.19 bits per heavy atom. The number of benzene rings is 1. The molecule has 0 amide bonds. The van der Waals surface area contributed by atoms with Crippen molar-refractivity contribution in [2.75, 3.05) is 46.4 Å². The number of nitrogens with one attached hydrogen (secondary N) is 2. The molecule has 26 heavy (non-hydrogen) atoms. The second kappa shape index (κ2) is 13.9. The van der Waals surface area contributed by atoms with Gasteiger partial charge in [0.15, 0.2) is 5.96 Å². The Kier molecular flexibility index (Phi) is 13.2. The first kappa shape index (κ1) is 24.8. The van der Waals surface area contributed by atoms with E-state index in [4.69, 9.17) is 4.74 Å². The molecule has 0 aliphatic carbocycles. The lowest BCUT2D eigenvalue weighted by Gasteiger charge is -2.18. The number of hydrogen-bond donors (Lipinski definition) is 2. The van der Waals surface area contributed by atoms with Gasteiger partial charge in [0.1, 0.15) is 12.4 Å². The van der Waals surface area contributed by atoms with Gasteiger partial charge in [0.25, 0.3) is 0 Å². The first-order chi connectivity index (χ1) is 11.9. The number of aliphatic imine (C=N–C) groups is 1. The van der Waals surface area contributed by atoms with Crippen molar-refractivity contribution in [2.24, 2.45) is 4.99 Å². The van der Waals surface area contributed by atoms with Crippen LogP contribution in [0.15, 0.2) is 35.3 Å².